The van der Waals surface area contributed by atoms with Gasteiger partial charge in [0.05, 0.1) is 5.92 Å². The third kappa shape index (κ3) is 2.52. The van der Waals surface area contributed by atoms with Gasteiger partial charge in [-0.1, -0.05) is 34.1 Å². The van der Waals surface area contributed by atoms with Crippen LogP contribution in [0.25, 0.3) is 0 Å². The zero-order valence-corrected chi connectivity index (χ0v) is 7.85. The van der Waals surface area contributed by atoms with E-state index in [9.17, 15) is 4.79 Å². The Bertz CT molecular complexity index is 138. The molecular weight excluding hydrogens is 140 g/mol. The Morgan fingerprint density at radius 1 is 1.45 bits per heavy atom. The molecule has 0 aromatic carbocycles. The van der Waals surface area contributed by atoms with Crippen molar-refractivity contribution in [3.63, 3.8) is 0 Å². The number of carboxylic acids is 1. The first kappa shape index (κ1) is 10.5. The van der Waals surface area contributed by atoms with Crippen LogP contribution in [0.4, 0.5) is 0 Å². The summed E-state index contributed by atoms with van der Waals surface area (Å²) in [5, 5.41) is 8.84. The molecule has 0 aliphatic heterocycles. The highest BCUT2D eigenvalue weighted by molar-refractivity contribution is 5.70. The number of aliphatic carboxylic acids is 1. The number of carboxylic acid groups (broad SMARTS) is 1. The van der Waals surface area contributed by atoms with Crippen LogP contribution in [-0.4, -0.2) is 11.1 Å². The second-order valence-electron chi connectivity index (χ2n) is 3.64. The first-order chi connectivity index (χ1) is 4.95. The summed E-state index contributed by atoms with van der Waals surface area (Å²) >= 11 is 0. The average molecular weight is 158 g/mol. The van der Waals surface area contributed by atoms with E-state index in [0.717, 1.165) is 12.8 Å². The van der Waals surface area contributed by atoms with Crippen LogP contribution < -0.4 is 0 Å². The summed E-state index contributed by atoms with van der Waals surface area (Å²) in [6.45, 7) is 7.98. The molecule has 1 atom stereocenters. The zero-order valence-electron chi connectivity index (χ0n) is 7.85. The topological polar surface area (TPSA) is 37.3 Å². The summed E-state index contributed by atoms with van der Waals surface area (Å²) in [4.78, 5) is 10.7. The second kappa shape index (κ2) is 3.74. The lowest BCUT2D eigenvalue weighted by Crippen LogP contribution is -2.29. The average Bonchev–Trinajstić information content (AvgIpc) is 1.88. The molecular formula is C9H18O2. The van der Waals surface area contributed by atoms with Crippen molar-refractivity contribution in [2.45, 2.75) is 40.5 Å². The predicted octanol–water partition coefficient (Wildman–Crippen LogP) is 2.53. The maximum Gasteiger partial charge on any atom is 0.307 e. The van der Waals surface area contributed by atoms with Crippen molar-refractivity contribution in [2.75, 3.05) is 0 Å². The van der Waals surface area contributed by atoms with E-state index in [4.69, 9.17) is 5.11 Å². The van der Waals surface area contributed by atoms with Gasteiger partial charge in [-0.15, -0.1) is 0 Å². The summed E-state index contributed by atoms with van der Waals surface area (Å²) in [5.41, 5.74) is -0.0689. The van der Waals surface area contributed by atoms with Crippen molar-refractivity contribution < 1.29 is 9.90 Å². The van der Waals surface area contributed by atoms with Gasteiger partial charge in [0, 0.05) is 0 Å². The summed E-state index contributed by atoms with van der Waals surface area (Å²) < 4.78 is 0. The Balaban J connectivity index is 4.36. The third-order valence-electron chi connectivity index (χ3n) is 2.56. The molecule has 66 valence electrons. The highest BCUT2D eigenvalue weighted by atomic mass is 16.4. The van der Waals surface area contributed by atoms with Gasteiger partial charge in [-0.05, 0) is 11.8 Å². The molecule has 0 heterocycles. The predicted molar refractivity (Wildman–Crippen MR) is 45.5 cm³/mol. The van der Waals surface area contributed by atoms with E-state index in [-0.39, 0.29) is 11.3 Å². The largest absolute Gasteiger partial charge is 0.481 e. The SMILES string of the molecule is CCC(C(=O)O)C(C)(C)CC. The Morgan fingerprint density at radius 3 is 2.00 bits per heavy atom. The van der Waals surface area contributed by atoms with E-state index in [1.54, 1.807) is 0 Å². The quantitative estimate of drug-likeness (QED) is 0.682. The molecule has 0 aliphatic rings. The molecule has 0 spiro atoms. The molecule has 0 aliphatic carbocycles. The second-order valence-corrected chi connectivity index (χ2v) is 3.64. The van der Waals surface area contributed by atoms with Gasteiger partial charge in [0.1, 0.15) is 0 Å². The maximum absolute atomic E-state index is 10.7. The minimum absolute atomic E-state index is 0.0689. The molecule has 2 heteroatoms. The minimum atomic E-state index is -0.667. The van der Waals surface area contributed by atoms with Gasteiger partial charge in [-0.3, -0.25) is 4.79 Å². The van der Waals surface area contributed by atoms with Crippen LogP contribution in [0.1, 0.15) is 40.5 Å². The van der Waals surface area contributed by atoms with Crippen molar-refractivity contribution in [1.82, 2.24) is 0 Å². The Labute approximate surface area is 68.6 Å². The minimum Gasteiger partial charge on any atom is -0.481 e. The Morgan fingerprint density at radius 2 is 1.91 bits per heavy atom. The van der Waals surface area contributed by atoms with Crippen LogP contribution in [0.2, 0.25) is 0 Å². The van der Waals surface area contributed by atoms with Gasteiger partial charge < -0.3 is 5.11 Å². The van der Waals surface area contributed by atoms with Crippen LogP contribution in [0, 0.1) is 11.3 Å². The van der Waals surface area contributed by atoms with E-state index >= 15 is 0 Å². The summed E-state index contributed by atoms with van der Waals surface area (Å²) in [5.74, 6) is -0.869. The van der Waals surface area contributed by atoms with Gasteiger partial charge in [0.2, 0.25) is 0 Å². The molecule has 0 fully saturated rings. The summed E-state index contributed by atoms with van der Waals surface area (Å²) in [6, 6.07) is 0. The van der Waals surface area contributed by atoms with E-state index in [0.29, 0.717) is 0 Å². The maximum atomic E-state index is 10.7. The Kier molecular flexibility index (Phi) is 3.56. The van der Waals surface area contributed by atoms with Gasteiger partial charge in [-0.2, -0.15) is 0 Å². The first-order valence-electron chi connectivity index (χ1n) is 4.18. The van der Waals surface area contributed by atoms with Crippen molar-refractivity contribution >= 4 is 5.97 Å². The standard InChI is InChI=1S/C9H18O2/c1-5-7(8(10)11)9(3,4)6-2/h7H,5-6H2,1-4H3,(H,10,11). The molecule has 0 aromatic heterocycles. The molecule has 0 saturated heterocycles. The summed E-state index contributed by atoms with van der Waals surface area (Å²) in [7, 11) is 0. The Hall–Kier alpha value is -0.530. The van der Waals surface area contributed by atoms with Crippen molar-refractivity contribution in [1.29, 1.82) is 0 Å². The number of hydrogen-bond acceptors (Lipinski definition) is 1. The molecule has 2 nitrogen and oxygen atoms in total. The van der Waals surface area contributed by atoms with Crippen LogP contribution in [-0.2, 0) is 4.79 Å². The van der Waals surface area contributed by atoms with E-state index in [1.807, 2.05) is 27.7 Å². The first-order valence-corrected chi connectivity index (χ1v) is 4.18. The van der Waals surface area contributed by atoms with E-state index in [1.165, 1.54) is 0 Å². The molecule has 1 unspecified atom stereocenters. The van der Waals surface area contributed by atoms with E-state index in [2.05, 4.69) is 0 Å². The highest BCUT2D eigenvalue weighted by Gasteiger charge is 2.31. The van der Waals surface area contributed by atoms with Crippen LogP contribution in [0.15, 0.2) is 0 Å². The normalized spacial score (nSPS) is 14.5. The number of carbonyl (C=O) groups is 1. The molecule has 0 saturated carbocycles. The van der Waals surface area contributed by atoms with E-state index < -0.39 is 5.97 Å². The molecule has 0 rings (SSSR count). The molecule has 11 heavy (non-hydrogen) atoms. The van der Waals surface area contributed by atoms with Crippen molar-refractivity contribution in [3.8, 4) is 0 Å². The number of rotatable bonds is 4. The fraction of sp³-hybridized carbons (Fsp3) is 0.889. The fourth-order valence-electron chi connectivity index (χ4n) is 1.31. The molecule has 0 bridgehead atoms. The lowest BCUT2D eigenvalue weighted by atomic mass is 9.75. The lowest BCUT2D eigenvalue weighted by molar-refractivity contribution is -0.146. The summed E-state index contributed by atoms with van der Waals surface area (Å²) in [6.07, 6.45) is 1.63. The van der Waals surface area contributed by atoms with Gasteiger partial charge in [0.15, 0.2) is 0 Å². The molecule has 0 amide bonds. The van der Waals surface area contributed by atoms with Gasteiger partial charge >= 0.3 is 5.97 Å². The molecule has 0 radical (unpaired) electrons. The fourth-order valence-corrected chi connectivity index (χ4v) is 1.31. The third-order valence-corrected chi connectivity index (χ3v) is 2.56. The van der Waals surface area contributed by atoms with Crippen LogP contribution >= 0.6 is 0 Å². The highest BCUT2D eigenvalue weighted by Crippen LogP contribution is 2.32. The van der Waals surface area contributed by atoms with Gasteiger partial charge in [0.25, 0.3) is 0 Å². The molecule has 0 aromatic rings. The van der Waals surface area contributed by atoms with Crippen molar-refractivity contribution in [2.24, 2.45) is 11.3 Å². The zero-order chi connectivity index (χ0) is 9.07. The van der Waals surface area contributed by atoms with Gasteiger partial charge in [-0.25, -0.2) is 0 Å². The molecule has 1 N–H and O–H groups in total. The lowest BCUT2D eigenvalue weighted by Gasteiger charge is -2.29. The van der Waals surface area contributed by atoms with Crippen molar-refractivity contribution in [3.05, 3.63) is 0 Å². The van der Waals surface area contributed by atoms with Crippen LogP contribution in [0.3, 0.4) is 0 Å². The van der Waals surface area contributed by atoms with Crippen LogP contribution in [0.5, 0.6) is 0 Å². The number of hydrogen-bond donors (Lipinski definition) is 1. The monoisotopic (exact) mass is 158 g/mol. The smallest absolute Gasteiger partial charge is 0.307 e.